The lowest BCUT2D eigenvalue weighted by atomic mass is 10.2. The Kier molecular flexibility index (Phi) is 6.22. The first-order valence-corrected chi connectivity index (χ1v) is 10.2. The van der Waals surface area contributed by atoms with Crippen molar-refractivity contribution in [1.29, 1.82) is 0 Å². The van der Waals surface area contributed by atoms with Gasteiger partial charge in [0.15, 0.2) is 14.9 Å². The van der Waals surface area contributed by atoms with Crippen molar-refractivity contribution >= 4 is 27.2 Å². The maximum absolute atomic E-state index is 11.7. The monoisotopic (exact) mass is 374 g/mol. The number of aromatic nitrogens is 2. The molecule has 0 radical (unpaired) electrons. The highest BCUT2D eigenvalue weighted by Gasteiger charge is 2.31. The summed E-state index contributed by atoms with van der Waals surface area (Å²) in [4.78, 5) is 1.96. The summed E-state index contributed by atoms with van der Waals surface area (Å²) in [6.45, 7) is 5.85. The van der Waals surface area contributed by atoms with Gasteiger partial charge in [-0.3, -0.25) is 4.68 Å². The minimum absolute atomic E-state index is 0.0560. The van der Waals surface area contributed by atoms with Gasteiger partial charge in [-0.2, -0.15) is 5.10 Å². The number of thiocarbonyl (C=S) groups is 1. The largest absolute Gasteiger partial charge is 0.383 e. The van der Waals surface area contributed by atoms with Crippen LogP contribution in [0.5, 0.6) is 0 Å². The zero-order chi connectivity index (χ0) is 17.9. The molecule has 24 heavy (non-hydrogen) atoms. The summed E-state index contributed by atoms with van der Waals surface area (Å²) < 4.78 is 30.3. The predicted molar refractivity (Wildman–Crippen MR) is 98.0 cm³/mol. The van der Waals surface area contributed by atoms with Gasteiger partial charge in [-0.25, -0.2) is 8.42 Å². The van der Waals surface area contributed by atoms with Gasteiger partial charge >= 0.3 is 0 Å². The van der Waals surface area contributed by atoms with Crippen molar-refractivity contribution < 1.29 is 13.2 Å². The third kappa shape index (κ3) is 4.46. The van der Waals surface area contributed by atoms with Gasteiger partial charge in [0.2, 0.25) is 0 Å². The predicted octanol–water partition coefficient (Wildman–Crippen LogP) is 0.812. The molecule has 136 valence electrons. The molecule has 1 aliphatic rings. The van der Waals surface area contributed by atoms with Crippen LogP contribution in [0.4, 0.5) is 0 Å². The Bertz CT molecular complexity index is 700. The van der Waals surface area contributed by atoms with Gasteiger partial charge in [0.05, 0.1) is 29.8 Å². The Labute approximate surface area is 149 Å². The highest BCUT2D eigenvalue weighted by Crippen LogP contribution is 2.27. The zero-order valence-corrected chi connectivity index (χ0v) is 16.3. The minimum Gasteiger partial charge on any atom is -0.383 e. The molecule has 0 aliphatic carbocycles. The van der Waals surface area contributed by atoms with E-state index < -0.39 is 9.84 Å². The van der Waals surface area contributed by atoms with E-state index in [-0.39, 0.29) is 17.5 Å². The molecule has 1 aromatic rings. The van der Waals surface area contributed by atoms with Crippen molar-refractivity contribution in [2.24, 2.45) is 0 Å². The summed E-state index contributed by atoms with van der Waals surface area (Å²) in [5.41, 5.74) is 3.03. The first-order valence-electron chi connectivity index (χ1n) is 7.98. The molecule has 1 fully saturated rings. The fourth-order valence-electron chi connectivity index (χ4n) is 2.95. The fourth-order valence-corrected chi connectivity index (χ4v) is 4.81. The second-order valence-electron chi connectivity index (χ2n) is 6.23. The summed E-state index contributed by atoms with van der Waals surface area (Å²) in [6.07, 6.45) is 0.635. The summed E-state index contributed by atoms with van der Waals surface area (Å²) in [5, 5.41) is 8.38. The van der Waals surface area contributed by atoms with Crippen LogP contribution >= 0.6 is 12.2 Å². The number of methoxy groups -OCH3 is 1. The van der Waals surface area contributed by atoms with Gasteiger partial charge in [-0.15, -0.1) is 0 Å². The highest BCUT2D eigenvalue weighted by molar-refractivity contribution is 7.91. The molecule has 9 heteroatoms. The molecule has 7 nitrogen and oxygen atoms in total. The van der Waals surface area contributed by atoms with Gasteiger partial charge in [-0.05, 0) is 32.5 Å². The molecule has 1 atom stereocenters. The van der Waals surface area contributed by atoms with Crippen LogP contribution in [-0.4, -0.2) is 67.0 Å². The van der Waals surface area contributed by atoms with E-state index in [1.807, 2.05) is 30.5 Å². The van der Waals surface area contributed by atoms with Crippen molar-refractivity contribution in [1.82, 2.24) is 20.0 Å². The molecule has 0 unspecified atom stereocenters. The SMILES string of the molecule is COCCNC(=S)N(C)Cc1c(C)nn([C@H]2CCS(=O)(=O)C2)c1C. The number of ether oxygens (including phenoxy) is 1. The van der Waals surface area contributed by atoms with E-state index in [0.717, 1.165) is 17.0 Å². The molecule has 1 aromatic heterocycles. The molecule has 0 aromatic carbocycles. The average Bonchev–Trinajstić information content (AvgIpc) is 3.01. The average molecular weight is 375 g/mol. The van der Waals surface area contributed by atoms with Crippen LogP contribution in [-0.2, 0) is 21.1 Å². The Morgan fingerprint density at radius 3 is 2.79 bits per heavy atom. The number of sulfone groups is 1. The maximum Gasteiger partial charge on any atom is 0.169 e. The third-order valence-electron chi connectivity index (χ3n) is 4.35. The summed E-state index contributed by atoms with van der Waals surface area (Å²) in [5.74, 6) is 0.431. The van der Waals surface area contributed by atoms with E-state index in [9.17, 15) is 8.42 Å². The standard InChI is InChI=1S/C15H26N4O3S2/c1-11-14(9-18(3)15(23)16-6-7-22-4)12(2)19(17-11)13-5-8-24(20,21)10-13/h13H,5-10H2,1-4H3,(H,16,23)/t13-/m0/s1. The number of hydrogen-bond donors (Lipinski definition) is 1. The Morgan fingerprint density at radius 2 is 2.21 bits per heavy atom. The summed E-state index contributed by atoms with van der Waals surface area (Å²) in [6, 6.07) is -0.0560. The lowest BCUT2D eigenvalue weighted by molar-refractivity contribution is 0.203. The lowest BCUT2D eigenvalue weighted by Gasteiger charge is -2.21. The second kappa shape index (κ2) is 7.79. The molecule has 0 amide bonds. The van der Waals surface area contributed by atoms with E-state index in [0.29, 0.717) is 31.2 Å². The van der Waals surface area contributed by atoms with Crippen LogP contribution in [0.25, 0.3) is 0 Å². The van der Waals surface area contributed by atoms with Crippen molar-refractivity contribution in [2.45, 2.75) is 32.9 Å². The quantitative estimate of drug-likeness (QED) is 0.583. The van der Waals surface area contributed by atoms with E-state index in [2.05, 4.69) is 10.4 Å². The molecule has 2 heterocycles. The van der Waals surface area contributed by atoms with E-state index in [1.165, 1.54) is 0 Å². The molecule has 1 N–H and O–H groups in total. The molecule has 2 rings (SSSR count). The highest BCUT2D eigenvalue weighted by atomic mass is 32.2. The first kappa shape index (κ1) is 19.1. The first-order chi connectivity index (χ1) is 11.2. The van der Waals surface area contributed by atoms with Crippen LogP contribution in [0.2, 0.25) is 0 Å². The van der Waals surface area contributed by atoms with Crippen LogP contribution in [0.15, 0.2) is 0 Å². The van der Waals surface area contributed by atoms with Gasteiger partial charge in [-0.1, -0.05) is 0 Å². The van der Waals surface area contributed by atoms with Gasteiger partial charge in [0, 0.05) is 38.5 Å². The third-order valence-corrected chi connectivity index (χ3v) is 6.56. The zero-order valence-electron chi connectivity index (χ0n) is 14.7. The lowest BCUT2D eigenvalue weighted by Crippen LogP contribution is -2.38. The number of nitrogens with one attached hydrogen (secondary N) is 1. The maximum atomic E-state index is 11.7. The molecule has 0 bridgehead atoms. The van der Waals surface area contributed by atoms with Crippen molar-refractivity contribution in [3.63, 3.8) is 0 Å². The fraction of sp³-hybridized carbons (Fsp3) is 0.733. The second-order valence-corrected chi connectivity index (χ2v) is 8.85. The van der Waals surface area contributed by atoms with Gasteiger partial charge in [0.25, 0.3) is 0 Å². The van der Waals surface area contributed by atoms with Crippen molar-refractivity contribution in [2.75, 3.05) is 38.8 Å². The Morgan fingerprint density at radius 1 is 1.50 bits per heavy atom. The number of nitrogens with zero attached hydrogens (tertiary/aromatic N) is 3. The molecule has 1 saturated heterocycles. The van der Waals surface area contributed by atoms with Gasteiger partial charge in [0.1, 0.15) is 0 Å². The number of rotatable bonds is 6. The molecular formula is C15H26N4O3S2. The van der Waals surface area contributed by atoms with Gasteiger partial charge < -0.3 is 15.0 Å². The molecule has 1 aliphatic heterocycles. The normalized spacial score (nSPS) is 19.4. The van der Waals surface area contributed by atoms with Crippen LogP contribution < -0.4 is 5.32 Å². The van der Waals surface area contributed by atoms with Crippen molar-refractivity contribution in [3.8, 4) is 0 Å². The van der Waals surface area contributed by atoms with Crippen LogP contribution in [0.3, 0.4) is 0 Å². The number of hydrogen-bond acceptors (Lipinski definition) is 5. The summed E-state index contributed by atoms with van der Waals surface area (Å²) in [7, 11) is 0.653. The smallest absolute Gasteiger partial charge is 0.169 e. The molecular weight excluding hydrogens is 348 g/mol. The molecule has 0 spiro atoms. The topological polar surface area (TPSA) is 76.5 Å². The van der Waals surface area contributed by atoms with E-state index >= 15 is 0 Å². The number of aryl methyl sites for hydroxylation is 1. The van der Waals surface area contributed by atoms with E-state index in [1.54, 1.807) is 7.11 Å². The summed E-state index contributed by atoms with van der Waals surface area (Å²) >= 11 is 5.37. The molecule has 0 saturated carbocycles. The minimum atomic E-state index is -2.93. The Balaban J connectivity index is 2.07. The van der Waals surface area contributed by atoms with Crippen LogP contribution in [0, 0.1) is 13.8 Å². The van der Waals surface area contributed by atoms with E-state index in [4.69, 9.17) is 17.0 Å². The van der Waals surface area contributed by atoms with Crippen molar-refractivity contribution in [3.05, 3.63) is 17.0 Å². The Hall–Kier alpha value is -1.19. The van der Waals surface area contributed by atoms with Crippen LogP contribution in [0.1, 0.15) is 29.4 Å².